The van der Waals surface area contributed by atoms with Gasteiger partial charge in [-0.25, -0.2) is 4.98 Å². The average Bonchev–Trinajstić information content (AvgIpc) is 3.18. The van der Waals surface area contributed by atoms with E-state index in [0.717, 1.165) is 24.4 Å². The zero-order valence-corrected chi connectivity index (χ0v) is 13.5. The fraction of sp³-hybridized carbons (Fsp3) is 0.368. The summed E-state index contributed by atoms with van der Waals surface area (Å²) < 4.78 is 2.11. The number of fused-ring (bicyclic) bond motifs is 1. The molecule has 1 saturated heterocycles. The van der Waals surface area contributed by atoms with Crippen molar-refractivity contribution in [2.45, 2.75) is 19.4 Å². The van der Waals surface area contributed by atoms with Gasteiger partial charge < -0.3 is 4.57 Å². The first-order valence-corrected chi connectivity index (χ1v) is 8.30. The van der Waals surface area contributed by atoms with Gasteiger partial charge >= 0.3 is 0 Å². The van der Waals surface area contributed by atoms with Crippen LogP contribution in [0.4, 0.5) is 0 Å². The van der Waals surface area contributed by atoms with Crippen LogP contribution in [0.5, 0.6) is 0 Å². The van der Waals surface area contributed by atoms with Gasteiger partial charge in [-0.2, -0.15) is 0 Å². The molecule has 4 nitrogen and oxygen atoms in total. The van der Waals surface area contributed by atoms with Crippen molar-refractivity contribution < 1.29 is 0 Å². The molecule has 0 N–H and O–H groups in total. The van der Waals surface area contributed by atoms with E-state index in [1.54, 1.807) is 0 Å². The van der Waals surface area contributed by atoms with Gasteiger partial charge in [0.05, 0.1) is 17.5 Å². The highest BCUT2D eigenvalue weighted by Crippen LogP contribution is 2.25. The molecule has 0 saturated carbocycles. The second-order valence-corrected chi connectivity index (χ2v) is 6.58. The highest BCUT2D eigenvalue weighted by atomic mass is 15.2. The van der Waals surface area contributed by atoms with E-state index in [0.29, 0.717) is 0 Å². The first-order valence-electron chi connectivity index (χ1n) is 8.30. The lowest BCUT2D eigenvalue weighted by atomic mass is 9.96. The number of hydrogen-bond acceptors (Lipinski definition) is 3. The van der Waals surface area contributed by atoms with Gasteiger partial charge in [-0.15, -0.1) is 0 Å². The van der Waals surface area contributed by atoms with E-state index in [9.17, 15) is 0 Å². The summed E-state index contributed by atoms with van der Waals surface area (Å²) in [5.41, 5.74) is 3.83. The Kier molecular flexibility index (Phi) is 3.83. The molecule has 4 heteroatoms. The van der Waals surface area contributed by atoms with Gasteiger partial charge in [0.25, 0.3) is 0 Å². The van der Waals surface area contributed by atoms with Crippen LogP contribution in [0.3, 0.4) is 0 Å². The molecule has 1 atom stereocenters. The minimum Gasteiger partial charge on any atom is -0.337 e. The van der Waals surface area contributed by atoms with E-state index in [1.165, 1.54) is 36.2 Å². The number of benzene rings is 1. The smallest absolute Gasteiger partial charge is 0.0945 e. The summed E-state index contributed by atoms with van der Waals surface area (Å²) in [6.07, 6.45) is 8.22. The van der Waals surface area contributed by atoms with Gasteiger partial charge in [0.1, 0.15) is 0 Å². The van der Waals surface area contributed by atoms with Crippen LogP contribution >= 0.6 is 0 Å². The fourth-order valence-corrected chi connectivity index (χ4v) is 3.63. The minimum atomic E-state index is 0.731. The molecule has 3 heterocycles. The normalized spacial score (nSPS) is 18.7. The van der Waals surface area contributed by atoms with Crippen molar-refractivity contribution in [2.24, 2.45) is 13.0 Å². The van der Waals surface area contributed by atoms with Crippen LogP contribution in [0, 0.1) is 5.92 Å². The van der Waals surface area contributed by atoms with Crippen molar-refractivity contribution in [3.63, 3.8) is 0 Å². The number of aromatic nitrogens is 3. The van der Waals surface area contributed by atoms with Crippen LogP contribution in [0.15, 0.2) is 49.1 Å². The first kappa shape index (κ1) is 14.4. The van der Waals surface area contributed by atoms with E-state index in [1.807, 2.05) is 18.7 Å². The molecule has 1 unspecified atom stereocenters. The van der Waals surface area contributed by atoms with Crippen LogP contribution in [0.2, 0.25) is 0 Å². The van der Waals surface area contributed by atoms with Crippen LogP contribution in [0.25, 0.3) is 10.9 Å². The Morgan fingerprint density at radius 1 is 1.22 bits per heavy atom. The highest BCUT2D eigenvalue weighted by Gasteiger charge is 2.23. The second-order valence-electron chi connectivity index (χ2n) is 6.58. The van der Waals surface area contributed by atoms with Crippen LogP contribution in [-0.4, -0.2) is 32.5 Å². The Morgan fingerprint density at radius 3 is 3.00 bits per heavy atom. The van der Waals surface area contributed by atoms with Crippen molar-refractivity contribution in [1.29, 1.82) is 0 Å². The summed E-state index contributed by atoms with van der Waals surface area (Å²) in [7, 11) is 2.07. The van der Waals surface area contributed by atoms with Gasteiger partial charge in [0.15, 0.2) is 0 Å². The Morgan fingerprint density at radius 2 is 2.13 bits per heavy atom. The third-order valence-corrected chi connectivity index (χ3v) is 4.92. The molecule has 1 aromatic carbocycles. The topological polar surface area (TPSA) is 34.0 Å². The Hall–Kier alpha value is -2.20. The molecule has 0 bridgehead atoms. The summed E-state index contributed by atoms with van der Waals surface area (Å²) >= 11 is 0. The van der Waals surface area contributed by atoms with E-state index >= 15 is 0 Å². The van der Waals surface area contributed by atoms with Gasteiger partial charge in [0, 0.05) is 37.9 Å². The maximum absolute atomic E-state index is 4.47. The lowest BCUT2D eigenvalue weighted by Crippen LogP contribution is -2.21. The summed E-state index contributed by atoms with van der Waals surface area (Å²) in [6.45, 7) is 3.35. The Balaban J connectivity index is 1.45. The molecule has 0 amide bonds. The Bertz CT molecular complexity index is 802. The van der Waals surface area contributed by atoms with Crippen molar-refractivity contribution >= 4 is 10.9 Å². The van der Waals surface area contributed by atoms with Crippen LogP contribution in [0.1, 0.15) is 17.7 Å². The van der Waals surface area contributed by atoms with Gasteiger partial charge in [-0.1, -0.05) is 18.2 Å². The van der Waals surface area contributed by atoms with Gasteiger partial charge in [-0.05, 0) is 43.0 Å². The van der Waals surface area contributed by atoms with Crippen molar-refractivity contribution in [3.05, 3.63) is 60.3 Å². The van der Waals surface area contributed by atoms with Gasteiger partial charge in [-0.3, -0.25) is 9.88 Å². The summed E-state index contributed by atoms with van der Waals surface area (Å²) in [5, 5.41) is 1.31. The highest BCUT2D eigenvalue weighted by molar-refractivity contribution is 5.81. The van der Waals surface area contributed by atoms with Crippen molar-refractivity contribution in [2.75, 3.05) is 13.1 Å². The number of para-hydroxylation sites is 1. The molecule has 0 aliphatic carbocycles. The SMILES string of the molecule is Cn1cncc1CN1CCC(Cc2ccnc3ccccc23)C1. The molecule has 1 aliphatic heterocycles. The van der Waals surface area contributed by atoms with Gasteiger partial charge in [0.2, 0.25) is 0 Å². The van der Waals surface area contributed by atoms with E-state index in [2.05, 4.69) is 56.8 Å². The molecule has 0 spiro atoms. The summed E-state index contributed by atoms with van der Waals surface area (Å²) in [6, 6.07) is 10.6. The first-order chi connectivity index (χ1) is 11.3. The number of imidazole rings is 1. The maximum Gasteiger partial charge on any atom is 0.0945 e. The molecule has 2 aromatic heterocycles. The number of hydrogen-bond donors (Lipinski definition) is 0. The largest absolute Gasteiger partial charge is 0.337 e. The predicted molar refractivity (Wildman–Crippen MR) is 92.0 cm³/mol. The second kappa shape index (κ2) is 6.13. The standard InChI is InChI=1S/C19H22N4/c1-22-14-20-11-17(22)13-23-9-7-15(12-23)10-16-6-8-21-19-5-3-2-4-18(16)19/h2-6,8,11,14-15H,7,9-10,12-13H2,1H3. The zero-order chi connectivity index (χ0) is 15.6. The van der Waals surface area contributed by atoms with E-state index in [4.69, 9.17) is 0 Å². The molecule has 23 heavy (non-hydrogen) atoms. The molecule has 1 aliphatic rings. The number of likely N-dealkylation sites (tertiary alicyclic amines) is 1. The quantitative estimate of drug-likeness (QED) is 0.743. The van der Waals surface area contributed by atoms with Crippen molar-refractivity contribution in [1.82, 2.24) is 19.4 Å². The lowest BCUT2D eigenvalue weighted by molar-refractivity contribution is 0.309. The minimum absolute atomic E-state index is 0.731. The van der Waals surface area contributed by atoms with E-state index in [-0.39, 0.29) is 0 Å². The average molecular weight is 306 g/mol. The monoisotopic (exact) mass is 306 g/mol. The zero-order valence-electron chi connectivity index (χ0n) is 13.5. The molecule has 118 valence electrons. The number of nitrogens with zero attached hydrogens (tertiary/aromatic N) is 4. The number of pyridine rings is 1. The third kappa shape index (κ3) is 2.99. The molecular formula is C19H22N4. The lowest BCUT2D eigenvalue weighted by Gasteiger charge is -2.16. The summed E-state index contributed by atoms with van der Waals surface area (Å²) in [4.78, 5) is 11.2. The summed E-state index contributed by atoms with van der Waals surface area (Å²) in [5.74, 6) is 0.731. The third-order valence-electron chi connectivity index (χ3n) is 4.92. The number of rotatable bonds is 4. The predicted octanol–water partition coefficient (Wildman–Crippen LogP) is 3.03. The number of aryl methyl sites for hydroxylation is 1. The Labute approximate surface area is 136 Å². The fourth-order valence-electron chi connectivity index (χ4n) is 3.63. The molecule has 0 radical (unpaired) electrons. The molecule has 1 fully saturated rings. The molecule has 4 rings (SSSR count). The van der Waals surface area contributed by atoms with Crippen LogP contribution < -0.4 is 0 Å². The maximum atomic E-state index is 4.47. The van der Waals surface area contributed by atoms with E-state index < -0.39 is 0 Å². The van der Waals surface area contributed by atoms with Crippen molar-refractivity contribution in [3.8, 4) is 0 Å². The molecular weight excluding hydrogens is 284 g/mol. The van der Waals surface area contributed by atoms with Crippen LogP contribution in [-0.2, 0) is 20.0 Å². The molecule has 3 aromatic rings.